The highest BCUT2D eigenvalue weighted by molar-refractivity contribution is 5.94. The van der Waals surface area contributed by atoms with Crippen LogP contribution in [0.4, 0.5) is 0 Å². The molecule has 0 aliphatic heterocycles. The van der Waals surface area contributed by atoms with Gasteiger partial charge in [-0.2, -0.15) is 0 Å². The zero-order chi connectivity index (χ0) is 9.19. The van der Waals surface area contributed by atoms with Gasteiger partial charge in [0, 0.05) is 6.42 Å². The Balaban J connectivity index is 2.63. The molecule has 0 aromatic rings. The lowest BCUT2D eigenvalue weighted by Gasteiger charge is -2.33. The molecule has 0 saturated heterocycles. The van der Waals surface area contributed by atoms with Crippen LogP contribution < -0.4 is 0 Å². The van der Waals surface area contributed by atoms with Crippen molar-refractivity contribution >= 4 is 12.1 Å². The summed E-state index contributed by atoms with van der Waals surface area (Å²) in [5, 5.41) is 0. The minimum absolute atomic E-state index is 0.139. The van der Waals surface area contributed by atoms with Crippen LogP contribution >= 0.6 is 0 Å². The third kappa shape index (κ3) is 1.74. The monoisotopic (exact) mass is 168 g/mol. The van der Waals surface area contributed by atoms with E-state index in [0.29, 0.717) is 6.42 Å². The molecule has 1 fully saturated rings. The Morgan fingerprint density at radius 1 is 1.67 bits per heavy atom. The lowest BCUT2D eigenvalue weighted by atomic mass is 9.70. The molecule has 12 heavy (non-hydrogen) atoms. The fourth-order valence-electron chi connectivity index (χ4n) is 1.75. The van der Waals surface area contributed by atoms with Gasteiger partial charge in [0.2, 0.25) is 0 Å². The van der Waals surface area contributed by atoms with Gasteiger partial charge in [0.05, 0.1) is 5.92 Å². The summed E-state index contributed by atoms with van der Waals surface area (Å²) in [7, 11) is 0. The SMILES string of the molecule is CCC1(C)CCC(C=O)C(=O)C1. The first kappa shape index (κ1) is 9.43. The van der Waals surface area contributed by atoms with Gasteiger partial charge in [-0.1, -0.05) is 20.3 Å². The predicted molar refractivity (Wildman–Crippen MR) is 46.8 cm³/mol. The van der Waals surface area contributed by atoms with Crippen LogP contribution in [0, 0.1) is 11.3 Å². The summed E-state index contributed by atoms with van der Waals surface area (Å²) >= 11 is 0. The van der Waals surface area contributed by atoms with Crippen molar-refractivity contribution < 1.29 is 9.59 Å². The van der Waals surface area contributed by atoms with Crippen molar-refractivity contribution in [1.29, 1.82) is 0 Å². The molecule has 2 unspecified atom stereocenters. The van der Waals surface area contributed by atoms with E-state index in [1.165, 1.54) is 0 Å². The van der Waals surface area contributed by atoms with Gasteiger partial charge in [0.25, 0.3) is 0 Å². The van der Waals surface area contributed by atoms with E-state index >= 15 is 0 Å². The minimum Gasteiger partial charge on any atom is -0.303 e. The molecule has 1 aliphatic carbocycles. The molecule has 2 heteroatoms. The summed E-state index contributed by atoms with van der Waals surface area (Å²) < 4.78 is 0. The van der Waals surface area contributed by atoms with Crippen LogP contribution in [0.5, 0.6) is 0 Å². The molecule has 0 bridgehead atoms. The van der Waals surface area contributed by atoms with E-state index in [4.69, 9.17) is 0 Å². The summed E-state index contributed by atoms with van der Waals surface area (Å²) in [6.45, 7) is 4.24. The molecule has 0 amide bonds. The van der Waals surface area contributed by atoms with Crippen LogP contribution in [0.1, 0.15) is 39.5 Å². The van der Waals surface area contributed by atoms with E-state index in [-0.39, 0.29) is 17.1 Å². The van der Waals surface area contributed by atoms with Crippen LogP contribution in [0.3, 0.4) is 0 Å². The molecule has 0 aromatic heterocycles. The molecule has 0 radical (unpaired) electrons. The number of Topliss-reactive ketones (excluding diaryl/α,β-unsaturated/α-hetero) is 1. The first-order chi connectivity index (χ1) is 5.61. The van der Waals surface area contributed by atoms with Gasteiger partial charge in [0.1, 0.15) is 12.1 Å². The van der Waals surface area contributed by atoms with Crippen LogP contribution in [-0.4, -0.2) is 12.1 Å². The molecule has 1 saturated carbocycles. The normalized spacial score (nSPS) is 36.5. The number of carbonyl (C=O) groups is 2. The lowest BCUT2D eigenvalue weighted by Crippen LogP contribution is -2.32. The van der Waals surface area contributed by atoms with E-state index in [1.54, 1.807) is 0 Å². The molecular formula is C10H16O2. The Kier molecular flexibility index (Phi) is 2.65. The van der Waals surface area contributed by atoms with Gasteiger partial charge in [-0.3, -0.25) is 4.79 Å². The van der Waals surface area contributed by atoms with E-state index in [1.807, 2.05) is 0 Å². The highest BCUT2D eigenvalue weighted by Crippen LogP contribution is 2.38. The molecule has 2 atom stereocenters. The van der Waals surface area contributed by atoms with E-state index in [0.717, 1.165) is 25.5 Å². The van der Waals surface area contributed by atoms with Crippen molar-refractivity contribution in [2.45, 2.75) is 39.5 Å². The van der Waals surface area contributed by atoms with Crippen LogP contribution in [0.2, 0.25) is 0 Å². The van der Waals surface area contributed by atoms with E-state index in [9.17, 15) is 9.59 Å². The molecule has 2 nitrogen and oxygen atoms in total. The van der Waals surface area contributed by atoms with Crippen LogP contribution in [-0.2, 0) is 9.59 Å². The maximum absolute atomic E-state index is 11.4. The Morgan fingerprint density at radius 2 is 2.33 bits per heavy atom. The lowest BCUT2D eigenvalue weighted by molar-refractivity contribution is -0.132. The third-order valence-electron chi connectivity index (χ3n) is 3.09. The average molecular weight is 168 g/mol. The van der Waals surface area contributed by atoms with Gasteiger partial charge in [-0.15, -0.1) is 0 Å². The van der Waals surface area contributed by atoms with Gasteiger partial charge in [-0.25, -0.2) is 0 Å². The predicted octanol–water partition coefficient (Wildman–Crippen LogP) is 1.97. The first-order valence-electron chi connectivity index (χ1n) is 4.59. The highest BCUT2D eigenvalue weighted by Gasteiger charge is 2.34. The quantitative estimate of drug-likeness (QED) is 0.466. The summed E-state index contributed by atoms with van der Waals surface area (Å²) in [5.74, 6) is -0.162. The second kappa shape index (κ2) is 3.38. The number of carbonyl (C=O) groups excluding carboxylic acids is 2. The summed E-state index contributed by atoms with van der Waals surface area (Å²) in [4.78, 5) is 21.8. The van der Waals surface area contributed by atoms with Gasteiger partial charge in [0.15, 0.2) is 0 Å². The fourth-order valence-corrected chi connectivity index (χ4v) is 1.75. The summed E-state index contributed by atoms with van der Waals surface area (Å²) in [6, 6.07) is 0. The molecule has 68 valence electrons. The molecule has 0 spiro atoms. The maximum atomic E-state index is 11.4. The van der Waals surface area contributed by atoms with Crippen molar-refractivity contribution in [3.8, 4) is 0 Å². The van der Waals surface area contributed by atoms with Crippen molar-refractivity contribution in [2.24, 2.45) is 11.3 Å². The summed E-state index contributed by atoms with van der Waals surface area (Å²) in [6.07, 6.45) is 4.19. The average Bonchev–Trinajstić information content (AvgIpc) is 2.05. The molecule has 1 aliphatic rings. The topological polar surface area (TPSA) is 34.1 Å². The van der Waals surface area contributed by atoms with E-state index < -0.39 is 0 Å². The number of aldehydes is 1. The smallest absolute Gasteiger partial charge is 0.143 e. The molecule has 0 aromatic carbocycles. The van der Waals surface area contributed by atoms with Gasteiger partial charge < -0.3 is 4.79 Å². The molecule has 0 N–H and O–H groups in total. The third-order valence-corrected chi connectivity index (χ3v) is 3.09. The number of ketones is 1. The van der Waals surface area contributed by atoms with Gasteiger partial charge in [-0.05, 0) is 18.3 Å². The van der Waals surface area contributed by atoms with Crippen molar-refractivity contribution in [3.63, 3.8) is 0 Å². The van der Waals surface area contributed by atoms with Crippen LogP contribution in [0.15, 0.2) is 0 Å². The largest absolute Gasteiger partial charge is 0.303 e. The molecule has 0 heterocycles. The van der Waals surface area contributed by atoms with Crippen molar-refractivity contribution in [1.82, 2.24) is 0 Å². The second-order valence-electron chi connectivity index (χ2n) is 4.09. The van der Waals surface area contributed by atoms with Crippen molar-refractivity contribution in [3.05, 3.63) is 0 Å². The Labute approximate surface area is 73.3 Å². The summed E-state index contributed by atoms with van der Waals surface area (Å²) in [5.41, 5.74) is 0.163. The fraction of sp³-hybridized carbons (Fsp3) is 0.800. The Bertz CT molecular complexity index is 198. The Morgan fingerprint density at radius 3 is 2.75 bits per heavy atom. The first-order valence-corrected chi connectivity index (χ1v) is 4.59. The van der Waals surface area contributed by atoms with Crippen LogP contribution in [0.25, 0.3) is 0 Å². The minimum atomic E-state index is -0.301. The Hall–Kier alpha value is -0.660. The zero-order valence-corrected chi connectivity index (χ0v) is 7.80. The zero-order valence-electron chi connectivity index (χ0n) is 7.80. The number of hydrogen-bond acceptors (Lipinski definition) is 2. The molecular weight excluding hydrogens is 152 g/mol. The van der Waals surface area contributed by atoms with E-state index in [2.05, 4.69) is 13.8 Å². The van der Waals surface area contributed by atoms with Gasteiger partial charge >= 0.3 is 0 Å². The second-order valence-corrected chi connectivity index (χ2v) is 4.09. The number of hydrogen-bond donors (Lipinski definition) is 0. The number of rotatable bonds is 2. The molecule has 1 rings (SSSR count). The van der Waals surface area contributed by atoms with Crippen molar-refractivity contribution in [2.75, 3.05) is 0 Å². The maximum Gasteiger partial charge on any atom is 0.143 e. The standard InChI is InChI=1S/C10H16O2/c1-3-10(2)5-4-8(7-11)9(12)6-10/h7-8H,3-6H2,1-2H3. The highest BCUT2D eigenvalue weighted by atomic mass is 16.1.